The number of halogens is 1. The van der Waals surface area contributed by atoms with Gasteiger partial charge < -0.3 is 10.1 Å². The molecule has 0 aliphatic carbocycles. The van der Waals surface area contributed by atoms with Gasteiger partial charge in [0.2, 0.25) is 0 Å². The van der Waals surface area contributed by atoms with Gasteiger partial charge in [0.1, 0.15) is 6.29 Å². The van der Waals surface area contributed by atoms with Crippen molar-refractivity contribution in [2.45, 2.75) is 23.3 Å². The SMILES string of the molecule is CCC(I)C(C=O)NC. The lowest BCUT2D eigenvalue weighted by Crippen LogP contribution is -2.34. The maximum Gasteiger partial charge on any atom is 0.137 e. The predicted octanol–water partition coefficient (Wildman–Crippen LogP) is 0.987. The largest absolute Gasteiger partial charge is 0.310 e. The first-order valence-corrected chi connectivity index (χ1v) is 4.27. The minimum atomic E-state index is 0.0237. The van der Waals surface area contributed by atoms with Crippen molar-refractivity contribution >= 4 is 28.9 Å². The highest BCUT2D eigenvalue weighted by atomic mass is 127. The van der Waals surface area contributed by atoms with E-state index in [1.165, 1.54) is 0 Å². The fourth-order valence-corrected chi connectivity index (χ4v) is 1.12. The summed E-state index contributed by atoms with van der Waals surface area (Å²) in [5, 5.41) is 2.93. The Morgan fingerprint density at radius 2 is 2.33 bits per heavy atom. The van der Waals surface area contributed by atoms with E-state index in [-0.39, 0.29) is 6.04 Å². The van der Waals surface area contributed by atoms with Crippen LogP contribution in [-0.4, -0.2) is 23.3 Å². The molecule has 0 aromatic rings. The van der Waals surface area contributed by atoms with Crippen LogP contribution in [0.5, 0.6) is 0 Å². The van der Waals surface area contributed by atoms with Crippen LogP contribution in [0.25, 0.3) is 0 Å². The lowest BCUT2D eigenvalue weighted by molar-refractivity contribution is -0.109. The quantitative estimate of drug-likeness (QED) is 0.451. The first-order chi connectivity index (χ1) is 4.26. The Bertz CT molecular complexity index is 87.1. The minimum Gasteiger partial charge on any atom is -0.310 e. The molecule has 0 spiro atoms. The first kappa shape index (κ1) is 9.36. The van der Waals surface area contributed by atoms with Gasteiger partial charge >= 0.3 is 0 Å². The van der Waals surface area contributed by atoms with E-state index >= 15 is 0 Å². The van der Waals surface area contributed by atoms with Gasteiger partial charge in [0, 0.05) is 3.92 Å². The molecule has 0 aromatic carbocycles. The fraction of sp³-hybridized carbons (Fsp3) is 0.833. The van der Waals surface area contributed by atoms with Gasteiger partial charge in [0.15, 0.2) is 0 Å². The number of likely N-dealkylation sites (N-methyl/N-ethyl adjacent to an activating group) is 1. The number of hydrogen-bond acceptors (Lipinski definition) is 2. The summed E-state index contributed by atoms with van der Waals surface area (Å²) < 4.78 is 0.421. The second-order valence-corrected chi connectivity index (χ2v) is 3.47. The van der Waals surface area contributed by atoms with Crippen LogP contribution in [0.2, 0.25) is 0 Å². The summed E-state index contributed by atoms with van der Waals surface area (Å²) in [6.45, 7) is 2.07. The van der Waals surface area contributed by atoms with Crippen molar-refractivity contribution in [2.75, 3.05) is 7.05 Å². The number of carbonyl (C=O) groups excluding carboxylic acids is 1. The van der Waals surface area contributed by atoms with Crippen molar-refractivity contribution in [3.05, 3.63) is 0 Å². The standard InChI is InChI=1S/C6H12INO/c1-3-5(7)6(4-9)8-2/h4-6,8H,3H2,1-2H3. The molecule has 54 valence electrons. The lowest BCUT2D eigenvalue weighted by atomic mass is 10.2. The van der Waals surface area contributed by atoms with Crippen molar-refractivity contribution in [2.24, 2.45) is 0 Å². The molecule has 2 atom stereocenters. The summed E-state index contributed by atoms with van der Waals surface area (Å²) in [6, 6.07) is 0.0237. The van der Waals surface area contributed by atoms with Crippen LogP contribution in [0.4, 0.5) is 0 Å². The Morgan fingerprint density at radius 3 is 2.44 bits per heavy atom. The summed E-state index contributed by atoms with van der Waals surface area (Å²) >= 11 is 2.27. The molecule has 3 heteroatoms. The molecule has 9 heavy (non-hydrogen) atoms. The number of rotatable bonds is 4. The monoisotopic (exact) mass is 241 g/mol. The summed E-state index contributed by atoms with van der Waals surface area (Å²) in [5.74, 6) is 0. The molecule has 0 aliphatic rings. The average molecular weight is 241 g/mol. The van der Waals surface area contributed by atoms with Crippen LogP contribution in [0.15, 0.2) is 0 Å². The summed E-state index contributed by atoms with van der Waals surface area (Å²) in [5.41, 5.74) is 0. The Hall–Kier alpha value is 0.360. The van der Waals surface area contributed by atoms with Crippen LogP contribution in [0.1, 0.15) is 13.3 Å². The molecule has 0 fully saturated rings. The van der Waals surface area contributed by atoms with E-state index in [1.807, 2.05) is 0 Å². The van der Waals surface area contributed by atoms with Gasteiger partial charge in [0.25, 0.3) is 0 Å². The van der Waals surface area contributed by atoms with Crippen LogP contribution >= 0.6 is 22.6 Å². The van der Waals surface area contributed by atoms with Crippen molar-refractivity contribution in [1.82, 2.24) is 5.32 Å². The summed E-state index contributed by atoms with van der Waals surface area (Å²) in [7, 11) is 1.81. The fourth-order valence-electron chi connectivity index (χ4n) is 0.588. The van der Waals surface area contributed by atoms with Crippen LogP contribution in [0.3, 0.4) is 0 Å². The molecule has 0 radical (unpaired) electrons. The van der Waals surface area contributed by atoms with Crippen molar-refractivity contribution in [3.8, 4) is 0 Å². The molecule has 2 nitrogen and oxygen atoms in total. The number of nitrogens with one attached hydrogen (secondary N) is 1. The van der Waals surface area contributed by atoms with Gasteiger partial charge in [-0.3, -0.25) is 0 Å². The molecule has 0 rings (SSSR count). The van der Waals surface area contributed by atoms with Crippen LogP contribution < -0.4 is 5.32 Å². The average Bonchev–Trinajstić information content (AvgIpc) is 1.90. The van der Waals surface area contributed by atoms with Crippen molar-refractivity contribution in [1.29, 1.82) is 0 Å². The molecule has 0 bridgehead atoms. The van der Waals surface area contributed by atoms with Gasteiger partial charge in [-0.05, 0) is 13.5 Å². The number of hydrogen-bond donors (Lipinski definition) is 1. The van der Waals surface area contributed by atoms with Gasteiger partial charge in [0.05, 0.1) is 6.04 Å². The Balaban J connectivity index is 3.63. The highest BCUT2D eigenvalue weighted by molar-refractivity contribution is 14.1. The third-order valence-electron chi connectivity index (χ3n) is 1.26. The molecule has 0 amide bonds. The maximum atomic E-state index is 10.3. The predicted molar refractivity (Wildman–Crippen MR) is 47.0 cm³/mol. The number of aldehydes is 1. The second kappa shape index (κ2) is 5.17. The third-order valence-corrected chi connectivity index (χ3v) is 2.92. The molecule has 0 heterocycles. The zero-order valence-electron chi connectivity index (χ0n) is 5.73. The maximum absolute atomic E-state index is 10.3. The van der Waals surface area contributed by atoms with Crippen LogP contribution in [0, 0.1) is 0 Å². The molecule has 0 aromatic heterocycles. The molecule has 0 aliphatic heterocycles. The van der Waals surface area contributed by atoms with Crippen LogP contribution in [-0.2, 0) is 4.79 Å². The Kier molecular flexibility index (Phi) is 5.38. The van der Waals surface area contributed by atoms with Gasteiger partial charge in [-0.2, -0.15) is 0 Å². The number of carbonyl (C=O) groups is 1. The van der Waals surface area contributed by atoms with E-state index < -0.39 is 0 Å². The smallest absolute Gasteiger partial charge is 0.137 e. The first-order valence-electron chi connectivity index (χ1n) is 3.02. The molecular formula is C6H12INO. The van der Waals surface area contributed by atoms with E-state index in [1.54, 1.807) is 7.05 Å². The van der Waals surface area contributed by atoms with E-state index in [9.17, 15) is 4.79 Å². The summed E-state index contributed by atoms with van der Waals surface area (Å²) in [6.07, 6.45) is 1.99. The van der Waals surface area contributed by atoms with E-state index in [2.05, 4.69) is 34.8 Å². The Morgan fingerprint density at radius 1 is 1.78 bits per heavy atom. The molecule has 0 saturated heterocycles. The van der Waals surface area contributed by atoms with E-state index in [0.717, 1.165) is 12.7 Å². The minimum absolute atomic E-state index is 0.0237. The Labute approximate surface area is 69.5 Å². The normalized spacial score (nSPS) is 16.8. The van der Waals surface area contributed by atoms with E-state index in [4.69, 9.17) is 0 Å². The number of alkyl halides is 1. The van der Waals surface area contributed by atoms with Gasteiger partial charge in [-0.25, -0.2) is 0 Å². The zero-order chi connectivity index (χ0) is 7.28. The molecular weight excluding hydrogens is 229 g/mol. The molecule has 1 N–H and O–H groups in total. The highest BCUT2D eigenvalue weighted by Crippen LogP contribution is 2.08. The molecule has 0 saturated carbocycles. The highest BCUT2D eigenvalue weighted by Gasteiger charge is 2.12. The third kappa shape index (κ3) is 3.15. The van der Waals surface area contributed by atoms with Gasteiger partial charge in [-0.15, -0.1) is 0 Å². The van der Waals surface area contributed by atoms with Crippen molar-refractivity contribution < 1.29 is 4.79 Å². The van der Waals surface area contributed by atoms with Gasteiger partial charge in [-0.1, -0.05) is 29.5 Å². The molecule has 2 unspecified atom stereocenters. The zero-order valence-corrected chi connectivity index (χ0v) is 7.88. The second-order valence-electron chi connectivity index (χ2n) is 1.87. The van der Waals surface area contributed by atoms with Crippen molar-refractivity contribution in [3.63, 3.8) is 0 Å². The summed E-state index contributed by atoms with van der Waals surface area (Å²) in [4.78, 5) is 10.3. The van der Waals surface area contributed by atoms with E-state index in [0.29, 0.717) is 3.92 Å². The lowest BCUT2D eigenvalue weighted by Gasteiger charge is -2.13. The topological polar surface area (TPSA) is 29.1 Å².